The maximum Gasteiger partial charge on any atom is 0.390 e. The molecule has 0 spiro atoms. The van der Waals surface area contributed by atoms with Crippen LogP contribution in [0.25, 0.3) is 5.69 Å². The number of carbonyl (C=O) groups excluding carboxylic acids is 4. The van der Waals surface area contributed by atoms with E-state index in [1.165, 1.54) is 53.3 Å². The van der Waals surface area contributed by atoms with Crippen molar-refractivity contribution < 1.29 is 78.1 Å². The van der Waals surface area contributed by atoms with Crippen LogP contribution in [-0.4, -0.2) is 119 Å². The summed E-state index contributed by atoms with van der Waals surface area (Å²) in [5.41, 5.74) is 8.68. The quantitative estimate of drug-likeness (QED) is 0.00698. The molecule has 0 saturated heterocycles. The van der Waals surface area contributed by atoms with E-state index in [0.29, 0.717) is 63.6 Å². The van der Waals surface area contributed by atoms with Gasteiger partial charge in [-0.15, -0.1) is 9.78 Å². The Morgan fingerprint density at radius 2 is 0.980 bits per heavy atom. The molecule has 100 heavy (non-hydrogen) atoms. The van der Waals surface area contributed by atoms with Crippen LogP contribution in [0.1, 0.15) is 152 Å². The van der Waals surface area contributed by atoms with Gasteiger partial charge in [0.25, 0.3) is 5.24 Å². The number of thiol groups is 1. The van der Waals surface area contributed by atoms with Crippen molar-refractivity contribution in [2.24, 2.45) is 0 Å². The molecule has 534 valence electrons. The number of halogens is 2. The Bertz CT molecular complexity index is 3860. The largest absolute Gasteiger partial charge is 0.478 e. The molecule has 0 radical (unpaired) electrons. The average Bonchev–Trinajstić information content (AvgIpc) is 1.68. The molecule has 0 saturated carbocycles. The number of nitrogens with zero attached hydrogens (tertiary/aromatic N) is 5. The van der Waals surface area contributed by atoms with Gasteiger partial charge in [0.05, 0.1) is 70.4 Å². The molecule has 0 aliphatic carbocycles. The molecule has 8 rings (SSSR count). The zero-order valence-corrected chi connectivity index (χ0v) is 61.8. The number of aromatic nitrogens is 4. The number of thioether (sulfide) groups is 3. The van der Waals surface area contributed by atoms with E-state index in [2.05, 4.69) is 43.9 Å². The molecule has 0 bridgehead atoms. The number of alkyl halides is 1. The molecule has 0 fully saturated rings. The van der Waals surface area contributed by atoms with Gasteiger partial charge in [-0.1, -0.05) is 106 Å². The number of benzene rings is 6. The van der Waals surface area contributed by atoms with Crippen LogP contribution < -0.4 is 0 Å². The summed E-state index contributed by atoms with van der Waals surface area (Å²) < 4.78 is 11.9. The minimum Gasteiger partial charge on any atom is -0.478 e. The van der Waals surface area contributed by atoms with E-state index in [1.807, 2.05) is 104 Å². The van der Waals surface area contributed by atoms with Crippen LogP contribution in [-0.2, 0) is 52.2 Å². The zero-order chi connectivity index (χ0) is 75.1. The fraction of sp³-hybridized carbons (Fsp3) is 0.286. The molecular formula is C70H78BrClN6O18S4. The predicted molar refractivity (Wildman–Crippen MR) is 396 cm³/mol. The summed E-state index contributed by atoms with van der Waals surface area (Å²) in [7, 11) is 0. The molecule has 2 heterocycles. The maximum absolute atomic E-state index is 11.5. The Kier molecular flexibility index (Phi) is 39.6. The first-order valence-corrected chi connectivity index (χ1v) is 35.3. The van der Waals surface area contributed by atoms with Crippen molar-refractivity contribution in [2.75, 3.05) is 11.5 Å². The normalized spacial score (nSPS) is 10.3. The first-order valence-electron chi connectivity index (χ1n) is 29.9. The molecule has 30 heteroatoms. The summed E-state index contributed by atoms with van der Waals surface area (Å²) in [6.45, 7) is 16.6. The van der Waals surface area contributed by atoms with E-state index >= 15 is 0 Å². The molecule has 8 aromatic rings. The van der Waals surface area contributed by atoms with Crippen molar-refractivity contribution in [2.45, 2.75) is 115 Å². The Morgan fingerprint density at radius 1 is 0.570 bits per heavy atom. The van der Waals surface area contributed by atoms with E-state index in [-0.39, 0.29) is 39.8 Å². The van der Waals surface area contributed by atoms with Gasteiger partial charge in [-0.3, -0.25) is 19.2 Å². The summed E-state index contributed by atoms with van der Waals surface area (Å²) in [6.07, 6.45) is 3.66. The Hall–Kier alpha value is -9.13. The number of aromatic amines is 1. The number of carboxylic acids is 4. The second-order valence-electron chi connectivity index (χ2n) is 22.7. The first-order chi connectivity index (χ1) is 47.0. The van der Waals surface area contributed by atoms with Crippen LogP contribution in [0.3, 0.4) is 0 Å². The molecule has 0 atom stereocenters. The summed E-state index contributed by atoms with van der Waals surface area (Å²) in [6, 6.07) is 42.7. The van der Waals surface area contributed by atoms with Crippen molar-refractivity contribution >= 4 is 133 Å². The molecule has 2 aromatic heterocycles. The summed E-state index contributed by atoms with van der Waals surface area (Å²) in [5, 5.41) is 64.8. The standard InChI is InChI=1S/C15H19ClO3S.C15H20O4S.C11H11N3O2.C10H10O3S.C8H7BrO2.C8H8O2S.C3H3N3O2/c1-15(2,3)19-13(17)7-8-20-10-11-5-4-6-12(9-11)14(16)18;1-15(2,3)19-13(16)7-8-20-10-11-5-4-6-12(9-11)14(17)18;1-8-3-4-10(7-9(8)2)13-6-5-11(12-13)14(15)16;1-7(11)14-6-8-3-2-4-9(5-8)10(12)13;9-5-6-2-1-3-7(4-6)8(10)11;9-8(10)7-3-1-2-6(4-7)5-11;7-6(8)3-1-2-4-5-3/h4-6,9H,7-8,10H2,1-3H3;4-6,9H,7-8,10H2,1-3H3,(H,17,18);3-7H,1-2H3;2-5H,6H2,1H3,(H,12,13);1-4H,5H2,(H,10,11);1-4,11H,5H2,(H,9,10);1-2H,(H,4,5). The number of esters is 2. The van der Waals surface area contributed by atoms with Gasteiger partial charge in [-0.2, -0.15) is 36.2 Å². The molecule has 0 unspecified atom stereocenters. The van der Waals surface area contributed by atoms with Gasteiger partial charge >= 0.3 is 47.5 Å². The first kappa shape index (κ1) is 87.0. The Balaban J connectivity index is 0.000000404. The Morgan fingerprint density at radius 3 is 1.33 bits per heavy atom. The van der Waals surface area contributed by atoms with Crippen molar-refractivity contribution in [3.63, 3.8) is 0 Å². The SMILES string of the molecule is CC(=O)SCc1cccc(C(=O)O)c1.CC(C)(C)OC(=O)CCSCc1cccc(C(=O)Cl)c1.CC(C)(C)OC(=O)CCSCc1cccc(C(=O)O)c1.Cc1ccc(-n2ccc([N+](=O)[O-])n2)cc1C.O=C(O)c1cccc(CBr)c1.O=C(O)c1cccc(CS)c1.O=[N+]([O-])c1ccn[nH]1. The van der Waals surface area contributed by atoms with Gasteiger partial charge < -0.3 is 50.1 Å². The van der Waals surface area contributed by atoms with Crippen molar-refractivity contribution in [1.82, 2.24) is 20.0 Å². The van der Waals surface area contributed by atoms with Gasteiger partial charge in [0.2, 0.25) is 0 Å². The highest BCUT2D eigenvalue weighted by molar-refractivity contribution is 9.08. The van der Waals surface area contributed by atoms with Gasteiger partial charge in [0.1, 0.15) is 11.2 Å². The average molecular weight is 1540 g/mol. The number of rotatable bonds is 22. The van der Waals surface area contributed by atoms with Crippen LogP contribution in [0.5, 0.6) is 0 Å². The highest BCUT2D eigenvalue weighted by Gasteiger charge is 2.18. The number of hydrogen-bond donors (Lipinski definition) is 6. The molecule has 5 N–H and O–H groups in total. The van der Waals surface area contributed by atoms with Crippen LogP contribution in [0.4, 0.5) is 11.6 Å². The third-order valence-electron chi connectivity index (χ3n) is 12.1. The van der Waals surface area contributed by atoms with E-state index in [4.69, 9.17) is 41.5 Å². The van der Waals surface area contributed by atoms with E-state index in [9.17, 15) is 58.6 Å². The van der Waals surface area contributed by atoms with Gasteiger partial charge in [0, 0.05) is 52.3 Å². The lowest BCUT2D eigenvalue weighted by molar-refractivity contribution is -0.389. The smallest absolute Gasteiger partial charge is 0.390 e. The number of aromatic carboxylic acids is 4. The number of ether oxygens (including phenoxy) is 2. The molecule has 0 amide bonds. The van der Waals surface area contributed by atoms with Crippen LogP contribution in [0.2, 0.25) is 0 Å². The third-order valence-corrected chi connectivity index (χ3v) is 16.3. The lowest BCUT2D eigenvalue weighted by Crippen LogP contribution is -2.24. The van der Waals surface area contributed by atoms with E-state index in [0.717, 1.165) is 44.8 Å². The van der Waals surface area contributed by atoms with Gasteiger partial charge in [-0.25, -0.2) is 19.2 Å². The monoisotopic (exact) mass is 1530 g/mol. The van der Waals surface area contributed by atoms with Gasteiger partial charge in [0.15, 0.2) is 5.12 Å². The highest BCUT2D eigenvalue weighted by Crippen LogP contribution is 2.21. The van der Waals surface area contributed by atoms with Gasteiger partial charge in [-0.05, 0) is 183 Å². The number of carboxylic acid groups (broad SMARTS) is 4. The lowest BCUT2D eigenvalue weighted by atomic mass is 10.1. The zero-order valence-electron chi connectivity index (χ0n) is 56.1. The maximum atomic E-state index is 11.5. The minimum absolute atomic E-state index is 0.0331. The van der Waals surface area contributed by atoms with Crippen molar-refractivity contribution in [3.8, 4) is 5.69 Å². The fourth-order valence-corrected chi connectivity index (χ4v) is 10.4. The number of nitrogens with one attached hydrogen (secondary N) is 1. The minimum atomic E-state index is -0.945. The number of nitro groups is 2. The second-order valence-corrected chi connectivity index (χ2v) is 27.3. The van der Waals surface area contributed by atoms with Crippen molar-refractivity contribution in [3.05, 3.63) is 251 Å². The summed E-state index contributed by atoms with van der Waals surface area (Å²) in [4.78, 5) is 106. The lowest BCUT2D eigenvalue weighted by Gasteiger charge is -2.19. The number of aryl methyl sites for hydroxylation is 2. The topological polar surface area (TPSA) is 369 Å². The summed E-state index contributed by atoms with van der Waals surface area (Å²) >= 11 is 17.1. The molecule has 6 aromatic carbocycles. The fourth-order valence-electron chi connectivity index (χ4n) is 7.40. The number of hydrogen-bond acceptors (Lipinski definition) is 20. The molecule has 0 aliphatic heterocycles. The van der Waals surface area contributed by atoms with Crippen LogP contribution in [0, 0.1) is 34.1 Å². The summed E-state index contributed by atoms with van der Waals surface area (Å²) in [5.74, 6) is -0.392. The number of H-pyrrole nitrogens is 1. The Labute approximate surface area is 610 Å². The van der Waals surface area contributed by atoms with E-state index < -0.39 is 50.2 Å². The van der Waals surface area contributed by atoms with Crippen LogP contribution in [0.15, 0.2) is 164 Å². The molecule has 0 aliphatic rings. The predicted octanol–water partition coefficient (Wildman–Crippen LogP) is 16.4. The van der Waals surface area contributed by atoms with Crippen molar-refractivity contribution in [1.29, 1.82) is 0 Å². The molecular weight excluding hydrogens is 1460 g/mol. The highest BCUT2D eigenvalue weighted by atomic mass is 79.9. The third kappa shape index (κ3) is 37.7. The van der Waals surface area contributed by atoms with E-state index in [1.54, 1.807) is 115 Å². The second kappa shape index (κ2) is 45.5. The number of carbonyl (C=O) groups is 8. The van der Waals surface area contributed by atoms with Crippen LogP contribution >= 0.6 is 75.4 Å². The molecule has 24 nitrogen and oxygen atoms in total.